The van der Waals surface area contributed by atoms with Gasteiger partial charge in [-0.25, -0.2) is 9.50 Å². The predicted octanol–water partition coefficient (Wildman–Crippen LogP) is 3.47. The van der Waals surface area contributed by atoms with Crippen LogP contribution < -0.4 is 5.32 Å². The standard InChI is InChI=1S/C16H14ClN5OS/c1-8-14(22-16(19-8)24-9(2)21-22)7-18-15(23)13-6-10-5-11(17)3-4-12(10)20-13/h3-6,20H,7H2,1-2H3,(H,18,23). The van der Waals surface area contributed by atoms with Gasteiger partial charge in [0.2, 0.25) is 4.96 Å². The molecule has 0 aliphatic carbocycles. The number of H-pyrrole nitrogens is 1. The maximum Gasteiger partial charge on any atom is 0.268 e. The number of fused-ring (bicyclic) bond motifs is 2. The van der Waals surface area contributed by atoms with Crippen LogP contribution in [0.25, 0.3) is 15.9 Å². The number of imidazole rings is 1. The first kappa shape index (κ1) is 15.2. The van der Waals surface area contributed by atoms with Crippen molar-refractivity contribution in [2.45, 2.75) is 20.4 Å². The quantitative estimate of drug-likeness (QED) is 0.588. The lowest BCUT2D eigenvalue weighted by Gasteiger charge is -2.03. The first-order chi connectivity index (χ1) is 11.5. The van der Waals surface area contributed by atoms with Crippen LogP contribution in [0.4, 0.5) is 0 Å². The van der Waals surface area contributed by atoms with Crippen molar-refractivity contribution in [1.82, 2.24) is 24.9 Å². The zero-order chi connectivity index (χ0) is 16.8. The van der Waals surface area contributed by atoms with Gasteiger partial charge in [0.05, 0.1) is 17.9 Å². The monoisotopic (exact) mass is 359 g/mol. The molecule has 3 aromatic heterocycles. The summed E-state index contributed by atoms with van der Waals surface area (Å²) in [6, 6.07) is 7.27. The van der Waals surface area contributed by atoms with Crippen LogP contribution >= 0.6 is 22.9 Å². The van der Waals surface area contributed by atoms with E-state index < -0.39 is 0 Å². The van der Waals surface area contributed by atoms with Gasteiger partial charge in [-0.1, -0.05) is 22.9 Å². The van der Waals surface area contributed by atoms with E-state index in [1.165, 1.54) is 11.3 Å². The summed E-state index contributed by atoms with van der Waals surface area (Å²) in [4.78, 5) is 20.8. The Balaban J connectivity index is 1.57. The molecule has 4 rings (SSSR count). The molecule has 0 saturated carbocycles. The maximum absolute atomic E-state index is 12.4. The lowest BCUT2D eigenvalue weighted by atomic mass is 10.2. The zero-order valence-corrected chi connectivity index (χ0v) is 14.6. The second kappa shape index (κ2) is 5.61. The molecule has 0 radical (unpaired) electrons. The number of benzene rings is 1. The second-order valence-corrected chi connectivity index (χ2v) is 7.15. The Hall–Kier alpha value is -2.38. The summed E-state index contributed by atoms with van der Waals surface area (Å²) < 4.78 is 1.79. The summed E-state index contributed by atoms with van der Waals surface area (Å²) in [7, 11) is 0. The topological polar surface area (TPSA) is 75.1 Å². The van der Waals surface area contributed by atoms with Gasteiger partial charge in [0.1, 0.15) is 10.7 Å². The first-order valence-corrected chi connectivity index (χ1v) is 8.59. The van der Waals surface area contributed by atoms with Crippen LogP contribution in [0.15, 0.2) is 24.3 Å². The molecule has 6 nitrogen and oxygen atoms in total. The third-order valence-electron chi connectivity index (χ3n) is 3.84. The molecule has 4 aromatic rings. The number of nitrogens with one attached hydrogen (secondary N) is 2. The Labute approximate surface area is 146 Å². The van der Waals surface area contributed by atoms with Gasteiger partial charge in [0.15, 0.2) is 0 Å². The van der Waals surface area contributed by atoms with E-state index in [0.717, 1.165) is 32.3 Å². The number of rotatable bonds is 3. The van der Waals surface area contributed by atoms with Crippen molar-refractivity contribution in [1.29, 1.82) is 0 Å². The van der Waals surface area contributed by atoms with Crippen molar-refractivity contribution in [3.8, 4) is 0 Å². The first-order valence-electron chi connectivity index (χ1n) is 7.39. The SMILES string of the molecule is Cc1nn2c(CNC(=O)c3cc4cc(Cl)ccc4[nH]3)c(C)nc2s1. The third-order valence-corrected chi connectivity index (χ3v) is 4.90. The minimum atomic E-state index is -0.177. The molecule has 3 heterocycles. The van der Waals surface area contributed by atoms with Crippen molar-refractivity contribution >= 4 is 44.7 Å². The molecule has 0 bridgehead atoms. The Kier molecular flexibility index (Phi) is 3.54. The number of aromatic nitrogens is 4. The third kappa shape index (κ3) is 2.55. The summed E-state index contributed by atoms with van der Waals surface area (Å²) in [5.41, 5.74) is 3.14. The van der Waals surface area contributed by atoms with E-state index in [4.69, 9.17) is 11.6 Å². The van der Waals surface area contributed by atoms with Gasteiger partial charge in [-0.15, -0.1) is 0 Å². The molecule has 0 atom stereocenters. The lowest BCUT2D eigenvalue weighted by molar-refractivity contribution is 0.0946. The van der Waals surface area contributed by atoms with E-state index in [9.17, 15) is 4.79 Å². The number of nitrogens with zero attached hydrogens (tertiary/aromatic N) is 3. The molecule has 0 saturated heterocycles. The van der Waals surface area contributed by atoms with Crippen LogP contribution in [-0.2, 0) is 6.54 Å². The molecular weight excluding hydrogens is 346 g/mol. The number of hydrogen-bond acceptors (Lipinski definition) is 4. The van der Waals surface area contributed by atoms with Crippen LogP contribution in [0, 0.1) is 13.8 Å². The lowest BCUT2D eigenvalue weighted by Crippen LogP contribution is -2.24. The number of aromatic amines is 1. The molecular formula is C16H14ClN5OS. The fraction of sp³-hybridized carbons (Fsp3) is 0.188. The number of hydrogen-bond donors (Lipinski definition) is 2. The Morgan fingerprint density at radius 1 is 1.38 bits per heavy atom. The maximum atomic E-state index is 12.4. The Morgan fingerprint density at radius 2 is 2.21 bits per heavy atom. The average Bonchev–Trinajstić information content (AvgIpc) is 3.17. The van der Waals surface area contributed by atoms with E-state index in [0.29, 0.717) is 17.3 Å². The molecule has 24 heavy (non-hydrogen) atoms. The Morgan fingerprint density at radius 3 is 3.04 bits per heavy atom. The van der Waals surface area contributed by atoms with Gasteiger partial charge in [-0.3, -0.25) is 4.79 Å². The largest absolute Gasteiger partial charge is 0.351 e. The normalized spacial score (nSPS) is 11.5. The highest BCUT2D eigenvalue weighted by molar-refractivity contribution is 7.16. The fourth-order valence-electron chi connectivity index (χ4n) is 2.67. The van der Waals surface area contributed by atoms with Crippen molar-refractivity contribution in [3.05, 3.63) is 51.4 Å². The van der Waals surface area contributed by atoms with Crippen LogP contribution in [0.1, 0.15) is 26.9 Å². The molecule has 0 unspecified atom stereocenters. The van der Waals surface area contributed by atoms with Crippen LogP contribution in [0.3, 0.4) is 0 Å². The summed E-state index contributed by atoms with van der Waals surface area (Å²) in [5, 5.41) is 9.84. The highest BCUT2D eigenvalue weighted by Crippen LogP contribution is 2.21. The van der Waals surface area contributed by atoms with Gasteiger partial charge in [0.25, 0.3) is 5.91 Å². The van der Waals surface area contributed by atoms with E-state index in [1.54, 1.807) is 16.6 Å². The molecule has 1 amide bonds. The minimum Gasteiger partial charge on any atom is -0.351 e. The minimum absolute atomic E-state index is 0.177. The van der Waals surface area contributed by atoms with Crippen molar-refractivity contribution < 1.29 is 4.79 Å². The average molecular weight is 360 g/mol. The van der Waals surface area contributed by atoms with Crippen LogP contribution in [0.5, 0.6) is 0 Å². The number of aryl methyl sites for hydroxylation is 2. The fourth-order valence-corrected chi connectivity index (χ4v) is 3.66. The summed E-state index contributed by atoms with van der Waals surface area (Å²) >= 11 is 7.51. The molecule has 0 spiro atoms. The molecule has 1 aromatic carbocycles. The van der Waals surface area contributed by atoms with Crippen LogP contribution in [-0.4, -0.2) is 25.5 Å². The van der Waals surface area contributed by atoms with Gasteiger partial charge in [-0.05, 0) is 38.1 Å². The Bertz CT molecular complexity index is 1080. The summed E-state index contributed by atoms with van der Waals surface area (Å²) in [5.74, 6) is -0.177. The predicted molar refractivity (Wildman–Crippen MR) is 94.8 cm³/mol. The molecule has 2 N–H and O–H groups in total. The number of carbonyl (C=O) groups is 1. The molecule has 122 valence electrons. The zero-order valence-electron chi connectivity index (χ0n) is 13.1. The van der Waals surface area contributed by atoms with Crippen molar-refractivity contribution in [3.63, 3.8) is 0 Å². The van der Waals surface area contributed by atoms with Crippen LogP contribution in [0.2, 0.25) is 5.02 Å². The summed E-state index contributed by atoms with van der Waals surface area (Å²) in [6.07, 6.45) is 0. The van der Waals surface area contributed by atoms with Gasteiger partial charge in [0, 0.05) is 15.9 Å². The van der Waals surface area contributed by atoms with Gasteiger partial charge in [-0.2, -0.15) is 5.10 Å². The molecule has 8 heteroatoms. The van der Waals surface area contributed by atoms with Gasteiger partial charge < -0.3 is 10.3 Å². The van der Waals surface area contributed by atoms with E-state index in [1.807, 2.05) is 26.0 Å². The molecule has 0 aliphatic rings. The molecule has 0 aliphatic heterocycles. The van der Waals surface area contributed by atoms with Crippen molar-refractivity contribution in [2.75, 3.05) is 0 Å². The highest BCUT2D eigenvalue weighted by Gasteiger charge is 2.15. The van der Waals surface area contributed by atoms with Crippen molar-refractivity contribution in [2.24, 2.45) is 0 Å². The molecule has 0 fully saturated rings. The van der Waals surface area contributed by atoms with E-state index in [2.05, 4.69) is 20.4 Å². The highest BCUT2D eigenvalue weighted by atomic mass is 35.5. The number of carbonyl (C=O) groups excluding carboxylic acids is 1. The van der Waals surface area contributed by atoms with E-state index in [-0.39, 0.29) is 5.91 Å². The number of amides is 1. The second-order valence-electron chi connectivity index (χ2n) is 5.56. The van der Waals surface area contributed by atoms with Gasteiger partial charge >= 0.3 is 0 Å². The van der Waals surface area contributed by atoms with E-state index >= 15 is 0 Å². The number of halogens is 1. The smallest absolute Gasteiger partial charge is 0.268 e. The summed E-state index contributed by atoms with van der Waals surface area (Å²) in [6.45, 7) is 4.22.